The Labute approximate surface area is 189 Å². The Hall–Kier alpha value is -3.16. The number of benzene rings is 2. The van der Waals surface area contributed by atoms with E-state index in [2.05, 4.69) is 4.98 Å². The molecular weight excluding hydrogens is 434 g/mol. The van der Waals surface area contributed by atoms with Crippen molar-refractivity contribution in [3.8, 4) is 11.5 Å². The molecule has 2 aromatic carbocycles. The van der Waals surface area contributed by atoms with Crippen LogP contribution in [0, 0.1) is 6.92 Å². The Morgan fingerprint density at radius 2 is 1.90 bits per heavy atom. The number of rotatable bonds is 7. The number of anilines is 1. The predicted octanol–water partition coefficient (Wildman–Crippen LogP) is 5.27. The average Bonchev–Trinajstić information content (AvgIpc) is 3.24. The number of thiazole rings is 1. The van der Waals surface area contributed by atoms with Gasteiger partial charge in [-0.1, -0.05) is 29.0 Å². The van der Waals surface area contributed by atoms with Crippen LogP contribution in [0.3, 0.4) is 0 Å². The van der Waals surface area contributed by atoms with Gasteiger partial charge in [-0.25, -0.2) is 4.98 Å². The molecule has 0 unspecified atom stereocenters. The summed E-state index contributed by atoms with van der Waals surface area (Å²) in [6, 6.07) is 14.6. The van der Waals surface area contributed by atoms with Gasteiger partial charge in [-0.05, 0) is 60.5 Å². The van der Waals surface area contributed by atoms with Gasteiger partial charge in [-0.3, -0.25) is 14.7 Å². The molecule has 2 aromatic heterocycles. The molecule has 0 radical (unpaired) electrons. The summed E-state index contributed by atoms with van der Waals surface area (Å²) >= 11 is 7.70. The Balaban J connectivity index is 1.60. The highest BCUT2D eigenvalue weighted by Gasteiger charge is 2.22. The van der Waals surface area contributed by atoms with Crippen molar-refractivity contribution >= 4 is 44.2 Å². The minimum Gasteiger partial charge on any atom is -0.497 e. The number of methoxy groups -OCH3 is 1. The van der Waals surface area contributed by atoms with Crippen LogP contribution in [-0.2, 0) is 11.3 Å². The monoisotopic (exact) mass is 453 g/mol. The third kappa shape index (κ3) is 4.78. The largest absolute Gasteiger partial charge is 0.497 e. The van der Waals surface area contributed by atoms with E-state index in [1.54, 1.807) is 48.7 Å². The number of nitrogens with zero attached hydrogens (tertiary/aromatic N) is 3. The Bertz CT molecular complexity index is 1200. The third-order valence-corrected chi connectivity index (χ3v) is 6.21. The first-order valence-corrected chi connectivity index (χ1v) is 10.8. The second-order valence-corrected chi connectivity index (χ2v) is 8.24. The predicted molar refractivity (Wildman–Crippen MR) is 123 cm³/mol. The van der Waals surface area contributed by atoms with Gasteiger partial charge >= 0.3 is 0 Å². The third-order valence-electron chi connectivity index (χ3n) is 4.75. The number of hydrogen-bond donors (Lipinski definition) is 0. The number of carbonyl (C=O) groups is 1. The van der Waals surface area contributed by atoms with E-state index in [1.165, 1.54) is 11.3 Å². The molecule has 158 valence electrons. The van der Waals surface area contributed by atoms with Gasteiger partial charge in [-0.15, -0.1) is 0 Å². The van der Waals surface area contributed by atoms with Crippen molar-refractivity contribution in [2.24, 2.45) is 0 Å². The fourth-order valence-corrected chi connectivity index (χ4v) is 4.23. The molecule has 4 aromatic rings. The SMILES string of the molecule is COc1ccc(OCC(=O)N(Cc2cccnc2)c2nc3c(C)c(Cl)ccc3s2)cc1. The normalized spacial score (nSPS) is 10.8. The lowest BCUT2D eigenvalue weighted by Gasteiger charge is -2.20. The zero-order valence-corrected chi connectivity index (χ0v) is 18.6. The zero-order chi connectivity index (χ0) is 21.8. The number of fused-ring (bicyclic) bond motifs is 1. The molecule has 0 atom stereocenters. The number of amides is 1. The van der Waals surface area contributed by atoms with Crippen molar-refractivity contribution in [3.05, 3.63) is 77.1 Å². The lowest BCUT2D eigenvalue weighted by atomic mass is 10.2. The summed E-state index contributed by atoms with van der Waals surface area (Å²) in [6.07, 6.45) is 3.44. The molecule has 0 spiro atoms. The summed E-state index contributed by atoms with van der Waals surface area (Å²) in [6.45, 7) is 2.14. The maximum atomic E-state index is 13.2. The molecule has 0 aliphatic rings. The van der Waals surface area contributed by atoms with Crippen LogP contribution in [0.5, 0.6) is 11.5 Å². The highest BCUT2D eigenvalue weighted by molar-refractivity contribution is 7.22. The van der Waals surface area contributed by atoms with E-state index in [4.69, 9.17) is 26.1 Å². The number of pyridine rings is 1. The van der Waals surface area contributed by atoms with E-state index in [0.717, 1.165) is 27.1 Å². The molecule has 0 aliphatic carbocycles. The summed E-state index contributed by atoms with van der Waals surface area (Å²) in [5.74, 6) is 1.10. The van der Waals surface area contributed by atoms with Gasteiger partial charge < -0.3 is 9.47 Å². The highest BCUT2D eigenvalue weighted by atomic mass is 35.5. The topological polar surface area (TPSA) is 64.6 Å². The summed E-state index contributed by atoms with van der Waals surface area (Å²) < 4.78 is 11.8. The van der Waals surface area contributed by atoms with Crippen LogP contribution in [0.25, 0.3) is 10.2 Å². The first-order chi connectivity index (χ1) is 15.0. The van der Waals surface area contributed by atoms with Crippen molar-refractivity contribution in [1.29, 1.82) is 0 Å². The van der Waals surface area contributed by atoms with Gasteiger partial charge in [0, 0.05) is 17.4 Å². The maximum Gasteiger partial charge on any atom is 0.267 e. The molecule has 0 N–H and O–H groups in total. The van der Waals surface area contributed by atoms with Gasteiger partial charge in [0.05, 0.1) is 23.9 Å². The summed E-state index contributed by atoms with van der Waals surface area (Å²) in [5.41, 5.74) is 2.59. The van der Waals surface area contributed by atoms with E-state index >= 15 is 0 Å². The Kier molecular flexibility index (Phi) is 6.34. The maximum absolute atomic E-state index is 13.2. The average molecular weight is 454 g/mol. The first kappa shape index (κ1) is 21.1. The molecule has 0 fully saturated rings. The molecule has 8 heteroatoms. The molecule has 0 bridgehead atoms. The van der Waals surface area contributed by atoms with Crippen LogP contribution < -0.4 is 14.4 Å². The minimum absolute atomic E-state index is 0.123. The first-order valence-electron chi connectivity index (χ1n) is 9.57. The lowest BCUT2D eigenvalue weighted by molar-refractivity contribution is -0.120. The van der Waals surface area contributed by atoms with Crippen molar-refractivity contribution < 1.29 is 14.3 Å². The van der Waals surface area contributed by atoms with Gasteiger partial charge in [0.15, 0.2) is 11.7 Å². The van der Waals surface area contributed by atoms with E-state index in [0.29, 0.717) is 22.4 Å². The molecule has 31 heavy (non-hydrogen) atoms. The molecule has 0 saturated carbocycles. The Morgan fingerprint density at radius 3 is 2.61 bits per heavy atom. The zero-order valence-electron chi connectivity index (χ0n) is 17.0. The van der Waals surface area contributed by atoms with Crippen LogP contribution in [0.15, 0.2) is 60.9 Å². The number of aromatic nitrogens is 2. The van der Waals surface area contributed by atoms with E-state index in [-0.39, 0.29) is 12.5 Å². The van der Waals surface area contributed by atoms with Crippen molar-refractivity contribution in [1.82, 2.24) is 9.97 Å². The molecule has 6 nitrogen and oxygen atoms in total. The number of carbonyl (C=O) groups excluding carboxylic acids is 1. The summed E-state index contributed by atoms with van der Waals surface area (Å²) in [5, 5.41) is 1.24. The lowest BCUT2D eigenvalue weighted by Crippen LogP contribution is -2.34. The summed E-state index contributed by atoms with van der Waals surface area (Å²) in [4.78, 5) is 23.7. The van der Waals surface area contributed by atoms with E-state index in [9.17, 15) is 4.79 Å². The van der Waals surface area contributed by atoms with Crippen LogP contribution in [0.4, 0.5) is 5.13 Å². The number of hydrogen-bond acceptors (Lipinski definition) is 6. The molecule has 0 saturated heterocycles. The number of ether oxygens (including phenoxy) is 2. The van der Waals surface area contributed by atoms with Crippen LogP contribution in [0.1, 0.15) is 11.1 Å². The minimum atomic E-state index is -0.206. The van der Waals surface area contributed by atoms with Gasteiger partial charge in [0.1, 0.15) is 11.5 Å². The van der Waals surface area contributed by atoms with Gasteiger partial charge in [0.2, 0.25) is 0 Å². The second-order valence-electron chi connectivity index (χ2n) is 6.82. The fourth-order valence-electron chi connectivity index (χ4n) is 3.04. The van der Waals surface area contributed by atoms with Crippen LogP contribution >= 0.6 is 22.9 Å². The van der Waals surface area contributed by atoms with Crippen LogP contribution in [-0.4, -0.2) is 29.6 Å². The molecule has 2 heterocycles. The highest BCUT2D eigenvalue weighted by Crippen LogP contribution is 2.34. The quantitative estimate of drug-likeness (QED) is 0.381. The van der Waals surface area contributed by atoms with E-state index < -0.39 is 0 Å². The molecular formula is C23H20ClN3O3S. The van der Waals surface area contributed by atoms with Gasteiger partial charge in [0.25, 0.3) is 5.91 Å². The number of aryl methyl sites for hydroxylation is 1. The van der Waals surface area contributed by atoms with Crippen LogP contribution in [0.2, 0.25) is 5.02 Å². The van der Waals surface area contributed by atoms with Crippen molar-refractivity contribution in [3.63, 3.8) is 0 Å². The standard InChI is InChI=1S/C23H20ClN3O3S/c1-15-19(24)9-10-20-22(15)26-23(31-20)27(13-16-4-3-11-25-12-16)21(28)14-30-18-7-5-17(29-2)6-8-18/h3-12H,13-14H2,1-2H3. The van der Waals surface area contributed by atoms with Gasteiger partial charge in [-0.2, -0.15) is 0 Å². The molecule has 0 aliphatic heterocycles. The fraction of sp³-hybridized carbons (Fsp3) is 0.174. The Morgan fingerprint density at radius 1 is 1.13 bits per heavy atom. The van der Waals surface area contributed by atoms with Crippen molar-refractivity contribution in [2.75, 3.05) is 18.6 Å². The smallest absolute Gasteiger partial charge is 0.267 e. The number of halogens is 1. The van der Waals surface area contributed by atoms with Crippen molar-refractivity contribution in [2.45, 2.75) is 13.5 Å². The molecule has 4 rings (SSSR count). The second kappa shape index (κ2) is 9.32. The summed E-state index contributed by atoms with van der Waals surface area (Å²) in [7, 11) is 1.60. The van der Waals surface area contributed by atoms with E-state index in [1.807, 2.05) is 31.2 Å². The molecule has 1 amide bonds.